The van der Waals surface area contributed by atoms with Crippen LogP contribution in [0.5, 0.6) is 0 Å². The summed E-state index contributed by atoms with van der Waals surface area (Å²) in [5, 5.41) is 0. The zero-order valence-electron chi connectivity index (χ0n) is 9.83. The first-order chi connectivity index (χ1) is 6.80. The van der Waals surface area contributed by atoms with Gasteiger partial charge in [-0.3, -0.25) is 0 Å². The lowest BCUT2D eigenvalue weighted by atomic mass is 9.97. The molecule has 0 amide bonds. The van der Waals surface area contributed by atoms with Crippen molar-refractivity contribution in [3.05, 3.63) is 17.8 Å². The molecule has 0 saturated carbocycles. The number of aromatic nitrogens is 1. The van der Waals surface area contributed by atoms with Crippen molar-refractivity contribution in [2.24, 2.45) is 0 Å². The van der Waals surface area contributed by atoms with Crippen molar-refractivity contribution >= 4 is 5.97 Å². The van der Waals surface area contributed by atoms with Crippen LogP contribution < -0.4 is 0 Å². The second kappa shape index (κ2) is 4.04. The number of oxazole rings is 1. The average Bonchev–Trinajstić information content (AvgIpc) is 2.48. The summed E-state index contributed by atoms with van der Waals surface area (Å²) in [6, 6.07) is 0. The lowest BCUT2D eigenvalue weighted by Gasteiger charge is -2.11. The van der Waals surface area contributed by atoms with E-state index in [2.05, 4.69) is 4.98 Å². The van der Waals surface area contributed by atoms with E-state index in [0.717, 1.165) is 0 Å². The Labute approximate surface area is 89.6 Å². The van der Waals surface area contributed by atoms with Crippen molar-refractivity contribution in [3.8, 4) is 0 Å². The number of rotatable bonds is 2. The van der Waals surface area contributed by atoms with E-state index < -0.39 is 5.97 Å². The summed E-state index contributed by atoms with van der Waals surface area (Å²) in [6.45, 7) is 9.49. The maximum atomic E-state index is 11.5. The first-order valence-corrected chi connectivity index (χ1v) is 4.97. The van der Waals surface area contributed by atoms with E-state index in [0.29, 0.717) is 5.89 Å². The topological polar surface area (TPSA) is 52.3 Å². The van der Waals surface area contributed by atoms with Crippen LogP contribution in [0.25, 0.3) is 0 Å². The monoisotopic (exact) mass is 211 g/mol. The molecule has 15 heavy (non-hydrogen) atoms. The molecule has 4 heteroatoms. The Balaban J connectivity index is 2.81. The first-order valence-electron chi connectivity index (χ1n) is 4.97. The maximum absolute atomic E-state index is 11.5. The summed E-state index contributed by atoms with van der Waals surface area (Å²) >= 11 is 0. The molecule has 0 N–H and O–H groups in total. The van der Waals surface area contributed by atoms with E-state index in [-0.39, 0.29) is 17.2 Å². The predicted octanol–water partition coefficient (Wildman–Crippen LogP) is 2.54. The Bertz CT molecular complexity index is 347. The Kier molecular flexibility index (Phi) is 3.17. The van der Waals surface area contributed by atoms with E-state index in [1.807, 2.05) is 20.8 Å². The third-order valence-corrected chi connectivity index (χ3v) is 1.70. The van der Waals surface area contributed by atoms with Crippen molar-refractivity contribution in [2.75, 3.05) is 0 Å². The molecular formula is C11H17NO3. The Morgan fingerprint density at radius 3 is 2.47 bits per heavy atom. The molecule has 0 radical (unpaired) electrons. The molecule has 0 aromatic carbocycles. The number of hydrogen-bond acceptors (Lipinski definition) is 4. The maximum Gasteiger partial charge on any atom is 0.360 e. The van der Waals surface area contributed by atoms with Gasteiger partial charge in [0.15, 0.2) is 11.6 Å². The SMILES string of the molecule is CC(C)OC(=O)c1coc(C(C)(C)C)n1. The van der Waals surface area contributed by atoms with Gasteiger partial charge in [0.05, 0.1) is 6.10 Å². The lowest BCUT2D eigenvalue weighted by Crippen LogP contribution is -2.14. The van der Waals surface area contributed by atoms with Gasteiger partial charge in [0.1, 0.15) is 6.26 Å². The Hall–Kier alpha value is -1.32. The van der Waals surface area contributed by atoms with Crippen LogP contribution in [-0.2, 0) is 10.2 Å². The molecule has 0 aliphatic carbocycles. The van der Waals surface area contributed by atoms with Gasteiger partial charge >= 0.3 is 5.97 Å². The fraction of sp³-hybridized carbons (Fsp3) is 0.636. The highest BCUT2D eigenvalue weighted by molar-refractivity contribution is 5.86. The van der Waals surface area contributed by atoms with Gasteiger partial charge in [-0.1, -0.05) is 20.8 Å². The number of esters is 1. The van der Waals surface area contributed by atoms with Gasteiger partial charge in [0, 0.05) is 5.41 Å². The molecule has 0 saturated heterocycles. The zero-order chi connectivity index (χ0) is 11.6. The van der Waals surface area contributed by atoms with Gasteiger partial charge in [-0.25, -0.2) is 9.78 Å². The second-order valence-corrected chi connectivity index (χ2v) is 4.74. The van der Waals surface area contributed by atoms with Crippen LogP contribution in [0.3, 0.4) is 0 Å². The quantitative estimate of drug-likeness (QED) is 0.705. The highest BCUT2D eigenvalue weighted by Crippen LogP contribution is 2.21. The summed E-state index contributed by atoms with van der Waals surface area (Å²) in [6.07, 6.45) is 1.19. The number of carbonyl (C=O) groups excluding carboxylic acids is 1. The summed E-state index contributed by atoms with van der Waals surface area (Å²) < 4.78 is 10.2. The van der Waals surface area contributed by atoms with Gasteiger partial charge in [-0.15, -0.1) is 0 Å². The average molecular weight is 211 g/mol. The van der Waals surface area contributed by atoms with Crippen molar-refractivity contribution < 1.29 is 13.9 Å². The van der Waals surface area contributed by atoms with Crippen LogP contribution in [0, 0.1) is 0 Å². The number of carbonyl (C=O) groups is 1. The summed E-state index contributed by atoms with van der Waals surface area (Å²) in [5.41, 5.74) is 0.0322. The largest absolute Gasteiger partial charge is 0.458 e. The minimum absolute atomic E-state index is 0.146. The molecular weight excluding hydrogens is 194 g/mol. The molecule has 1 aromatic rings. The van der Waals surface area contributed by atoms with E-state index in [1.165, 1.54) is 6.26 Å². The first kappa shape index (κ1) is 11.8. The fourth-order valence-corrected chi connectivity index (χ4v) is 0.986. The summed E-state index contributed by atoms with van der Waals surface area (Å²) in [5.74, 6) is 0.0995. The molecule has 0 aliphatic heterocycles. The minimum Gasteiger partial charge on any atom is -0.458 e. The van der Waals surface area contributed by atoms with E-state index in [9.17, 15) is 4.79 Å². The zero-order valence-corrected chi connectivity index (χ0v) is 9.83. The van der Waals surface area contributed by atoms with Crippen molar-refractivity contribution in [1.82, 2.24) is 4.98 Å². The molecule has 0 spiro atoms. The standard InChI is InChI=1S/C11H17NO3/c1-7(2)15-9(13)8-6-14-10(12-8)11(3,4)5/h6-7H,1-5H3. The van der Waals surface area contributed by atoms with E-state index in [1.54, 1.807) is 13.8 Å². The van der Waals surface area contributed by atoms with Crippen LogP contribution >= 0.6 is 0 Å². The molecule has 0 unspecified atom stereocenters. The number of hydrogen-bond donors (Lipinski definition) is 0. The Morgan fingerprint density at radius 2 is 2.07 bits per heavy atom. The molecule has 0 aliphatic rings. The van der Waals surface area contributed by atoms with Crippen molar-refractivity contribution in [2.45, 2.75) is 46.1 Å². The molecule has 4 nitrogen and oxygen atoms in total. The second-order valence-electron chi connectivity index (χ2n) is 4.74. The number of ether oxygens (including phenoxy) is 1. The highest BCUT2D eigenvalue weighted by atomic mass is 16.5. The lowest BCUT2D eigenvalue weighted by molar-refractivity contribution is 0.0371. The van der Waals surface area contributed by atoms with Gasteiger partial charge in [0.2, 0.25) is 0 Å². The fourth-order valence-electron chi connectivity index (χ4n) is 0.986. The highest BCUT2D eigenvalue weighted by Gasteiger charge is 2.23. The van der Waals surface area contributed by atoms with Crippen LogP contribution in [0.1, 0.15) is 51.0 Å². The van der Waals surface area contributed by atoms with Gasteiger partial charge < -0.3 is 9.15 Å². The van der Waals surface area contributed by atoms with Crippen molar-refractivity contribution in [1.29, 1.82) is 0 Å². The van der Waals surface area contributed by atoms with Gasteiger partial charge in [-0.2, -0.15) is 0 Å². The van der Waals surface area contributed by atoms with Gasteiger partial charge in [-0.05, 0) is 13.8 Å². The van der Waals surface area contributed by atoms with Crippen LogP contribution in [-0.4, -0.2) is 17.1 Å². The van der Waals surface area contributed by atoms with Gasteiger partial charge in [0.25, 0.3) is 0 Å². The van der Waals surface area contributed by atoms with Crippen LogP contribution in [0.2, 0.25) is 0 Å². The third kappa shape index (κ3) is 3.08. The molecule has 0 atom stereocenters. The third-order valence-electron chi connectivity index (χ3n) is 1.70. The molecule has 84 valence electrons. The van der Waals surface area contributed by atoms with E-state index >= 15 is 0 Å². The molecule has 1 rings (SSSR count). The molecule has 1 heterocycles. The summed E-state index contributed by atoms with van der Waals surface area (Å²) in [7, 11) is 0. The predicted molar refractivity (Wildman–Crippen MR) is 55.8 cm³/mol. The smallest absolute Gasteiger partial charge is 0.360 e. The van der Waals surface area contributed by atoms with Crippen LogP contribution in [0.15, 0.2) is 10.7 Å². The Morgan fingerprint density at radius 1 is 1.47 bits per heavy atom. The van der Waals surface area contributed by atoms with Crippen LogP contribution in [0.4, 0.5) is 0 Å². The van der Waals surface area contributed by atoms with E-state index in [4.69, 9.17) is 9.15 Å². The normalized spacial score (nSPS) is 11.9. The number of nitrogens with zero attached hydrogens (tertiary/aromatic N) is 1. The molecule has 0 bridgehead atoms. The summed E-state index contributed by atoms with van der Waals surface area (Å²) in [4.78, 5) is 15.5. The molecule has 0 fully saturated rings. The minimum atomic E-state index is -0.441. The van der Waals surface area contributed by atoms with Crippen molar-refractivity contribution in [3.63, 3.8) is 0 Å². The molecule has 1 aromatic heterocycles.